The Morgan fingerprint density at radius 2 is 2.13 bits per heavy atom. The fourth-order valence-electron chi connectivity index (χ4n) is 1.86. The number of nitrogens with one attached hydrogen (secondary N) is 1. The van der Waals surface area contributed by atoms with Gasteiger partial charge in [-0.25, -0.2) is 0 Å². The summed E-state index contributed by atoms with van der Waals surface area (Å²) in [6.07, 6.45) is 2.21. The minimum atomic E-state index is 0.0442. The molecule has 0 aromatic heterocycles. The monoisotopic (exact) mass is 271 g/mol. The predicted molar refractivity (Wildman–Crippen MR) is 62.3 cm³/mol. The molecule has 1 aromatic rings. The highest BCUT2D eigenvalue weighted by Gasteiger charge is 2.44. The number of methoxy groups -OCH3 is 1. The second kappa shape index (κ2) is 3.68. The van der Waals surface area contributed by atoms with Crippen LogP contribution in [0.15, 0.2) is 16.6 Å². The third-order valence-corrected chi connectivity index (χ3v) is 3.85. The van der Waals surface area contributed by atoms with Crippen LogP contribution in [0.2, 0.25) is 0 Å². The summed E-state index contributed by atoms with van der Waals surface area (Å²) < 4.78 is 5.78. The Morgan fingerprint density at radius 1 is 1.47 bits per heavy atom. The maximum absolute atomic E-state index is 9.87. The number of aromatic hydroxyl groups is 1. The standard InChI is InChI=1S/C11H14BrNO2/c1-13-11(5-6-11)7-3-4-8(15-2)10(14)9(7)12/h3-4,13-14H,5-6H2,1-2H3. The summed E-state index contributed by atoms with van der Waals surface area (Å²) >= 11 is 3.42. The quantitative estimate of drug-likeness (QED) is 0.887. The first-order valence-electron chi connectivity index (χ1n) is 4.89. The summed E-state index contributed by atoms with van der Waals surface area (Å²) in [5, 5.41) is 13.2. The molecule has 0 heterocycles. The number of halogens is 1. The van der Waals surface area contributed by atoms with E-state index in [0.29, 0.717) is 5.75 Å². The minimum absolute atomic E-state index is 0.0442. The number of hydrogen-bond acceptors (Lipinski definition) is 3. The molecule has 2 rings (SSSR count). The summed E-state index contributed by atoms with van der Waals surface area (Å²) in [5.74, 6) is 0.675. The molecule has 0 aliphatic heterocycles. The number of hydrogen-bond donors (Lipinski definition) is 2. The van der Waals surface area contributed by atoms with Gasteiger partial charge in [-0.15, -0.1) is 0 Å². The summed E-state index contributed by atoms with van der Waals surface area (Å²) in [6, 6.07) is 3.79. The van der Waals surface area contributed by atoms with E-state index < -0.39 is 0 Å². The first-order chi connectivity index (χ1) is 7.14. The van der Waals surface area contributed by atoms with Gasteiger partial charge in [-0.3, -0.25) is 0 Å². The molecule has 1 aromatic carbocycles. The third-order valence-electron chi connectivity index (χ3n) is 3.04. The van der Waals surface area contributed by atoms with Gasteiger partial charge in [0.2, 0.25) is 0 Å². The highest BCUT2D eigenvalue weighted by atomic mass is 79.9. The van der Waals surface area contributed by atoms with Crippen molar-refractivity contribution in [2.75, 3.05) is 14.2 Å². The van der Waals surface area contributed by atoms with Crippen LogP contribution in [-0.2, 0) is 5.54 Å². The van der Waals surface area contributed by atoms with Gasteiger partial charge in [0.1, 0.15) is 0 Å². The van der Waals surface area contributed by atoms with Crippen molar-refractivity contribution in [3.63, 3.8) is 0 Å². The molecular weight excluding hydrogens is 258 g/mol. The molecule has 1 aliphatic rings. The predicted octanol–water partition coefficient (Wildman–Crippen LogP) is 2.37. The Morgan fingerprint density at radius 3 is 2.60 bits per heavy atom. The smallest absolute Gasteiger partial charge is 0.172 e. The molecule has 15 heavy (non-hydrogen) atoms. The minimum Gasteiger partial charge on any atom is -0.503 e. The van der Waals surface area contributed by atoms with Crippen LogP contribution < -0.4 is 10.1 Å². The van der Waals surface area contributed by atoms with E-state index in [1.54, 1.807) is 13.2 Å². The van der Waals surface area contributed by atoms with Crippen molar-refractivity contribution in [2.45, 2.75) is 18.4 Å². The molecule has 0 bridgehead atoms. The molecule has 0 spiro atoms. The summed E-state index contributed by atoms with van der Waals surface area (Å²) in [6.45, 7) is 0. The van der Waals surface area contributed by atoms with E-state index in [1.807, 2.05) is 13.1 Å². The Hall–Kier alpha value is -0.740. The Balaban J connectivity index is 2.47. The van der Waals surface area contributed by atoms with Gasteiger partial charge in [0, 0.05) is 5.54 Å². The van der Waals surface area contributed by atoms with Crippen molar-refractivity contribution < 1.29 is 9.84 Å². The lowest BCUT2D eigenvalue weighted by Crippen LogP contribution is -2.24. The number of phenols is 1. The summed E-state index contributed by atoms with van der Waals surface area (Å²) in [4.78, 5) is 0. The Kier molecular flexibility index (Phi) is 2.64. The maximum atomic E-state index is 9.87. The van der Waals surface area contributed by atoms with E-state index in [4.69, 9.17) is 4.74 Å². The van der Waals surface area contributed by atoms with Crippen LogP contribution in [0.3, 0.4) is 0 Å². The van der Waals surface area contributed by atoms with Crippen molar-refractivity contribution in [3.8, 4) is 11.5 Å². The Labute approximate surface area is 97.6 Å². The van der Waals surface area contributed by atoms with E-state index in [0.717, 1.165) is 22.9 Å². The van der Waals surface area contributed by atoms with Crippen molar-refractivity contribution in [1.29, 1.82) is 0 Å². The van der Waals surface area contributed by atoms with Gasteiger partial charge < -0.3 is 15.2 Å². The molecular formula is C11H14BrNO2. The van der Waals surface area contributed by atoms with Crippen LogP contribution in [0.1, 0.15) is 18.4 Å². The van der Waals surface area contributed by atoms with Gasteiger partial charge >= 0.3 is 0 Å². The third kappa shape index (κ3) is 1.62. The first kappa shape index (κ1) is 10.8. The molecule has 1 aliphatic carbocycles. The lowest BCUT2D eigenvalue weighted by molar-refractivity contribution is 0.370. The van der Waals surface area contributed by atoms with Crippen molar-refractivity contribution in [2.24, 2.45) is 0 Å². The maximum Gasteiger partial charge on any atom is 0.172 e. The van der Waals surface area contributed by atoms with Crippen LogP contribution in [0.4, 0.5) is 0 Å². The fraction of sp³-hybridized carbons (Fsp3) is 0.455. The number of benzene rings is 1. The average Bonchev–Trinajstić information content (AvgIpc) is 3.03. The van der Waals surface area contributed by atoms with Crippen LogP contribution in [0.5, 0.6) is 11.5 Å². The van der Waals surface area contributed by atoms with Crippen LogP contribution >= 0.6 is 15.9 Å². The van der Waals surface area contributed by atoms with Gasteiger partial charge in [-0.05, 0) is 47.4 Å². The molecule has 3 nitrogen and oxygen atoms in total. The van der Waals surface area contributed by atoms with Crippen LogP contribution in [-0.4, -0.2) is 19.3 Å². The average molecular weight is 272 g/mol. The highest BCUT2D eigenvalue weighted by Crippen LogP contribution is 2.51. The molecule has 0 unspecified atom stereocenters. The normalized spacial score (nSPS) is 17.5. The van der Waals surface area contributed by atoms with E-state index in [-0.39, 0.29) is 11.3 Å². The second-order valence-electron chi connectivity index (χ2n) is 3.81. The van der Waals surface area contributed by atoms with Crippen molar-refractivity contribution in [3.05, 3.63) is 22.2 Å². The lowest BCUT2D eigenvalue weighted by atomic mass is 10.0. The molecule has 1 saturated carbocycles. The molecule has 2 N–H and O–H groups in total. The molecule has 4 heteroatoms. The largest absolute Gasteiger partial charge is 0.503 e. The fourth-order valence-corrected chi connectivity index (χ4v) is 2.57. The molecule has 0 saturated heterocycles. The van der Waals surface area contributed by atoms with Gasteiger partial charge in [0.25, 0.3) is 0 Å². The van der Waals surface area contributed by atoms with Crippen LogP contribution in [0, 0.1) is 0 Å². The van der Waals surface area contributed by atoms with Gasteiger partial charge in [0.15, 0.2) is 11.5 Å². The highest BCUT2D eigenvalue weighted by molar-refractivity contribution is 9.10. The Bertz CT molecular complexity index is 388. The van der Waals surface area contributed by atoms with Gasteiger partial charge in [0.05, 0.1) is 11.6 Å². The zero-order chi connectivity index (χ0) is 11.1. The summed E-state index contributed by atoms with van der Waals surface area (Å²) in [5.41, 5.74) is 1.14. The topological polar surface area (TPSA) is 41.5 Å². The lowest BCUT2D eigenvalue weighted by Gasteiger charge is -2.18. The second-order valence-corrected chi connectivity index (χ2v) is 4.60. The summed E-state index contributed by atoms with van der Waals surface area (Å²) in [7, 11) is 3.49. The van der Waals surface area contributed by atoms with E-state index in [2.05, 4.69) is 21.2 Å². The molecule has 0 amide bonds. The number of rotatable bonds is 3. The van der Waals surface area contributed by atoms with E-state index in [9.17, 15) is 5.11 Å². The van der Waals surface area contributed by atoms with E-state index in [1.165, 1.54) is 0 Å². The van der Waals surface area contributed by atoms with Crippen LogP contribution in [0.25, 0.3) is 0 Å². The van der Waals surface area contributed by atoms with Gasteiger partial charge in [-0.1, -0.05) is 6.07 Å². The van der Waals surface area contributed by atoms with Crippen molar-refractivity contribution >= 4 is 15.9 Å². The molecule has 0 atom stereocenters. The molecule has 82 valence electrons. The van der Waals surface area contributed by atoms with Gasteiger partial charge in [-0.2, -0.15) is 0 Å². The zero-order valence-corrected chi connectivity index (χ0v) is 10.4. The van der Waals surface area contributed by atoms with E-state index >= 15 is 0 Å². The zero-order valence-electron chi connectivity index (χ0n) is 8.80. The number of ether oxygens (including phenoxy) is 1. The SMILES string of the molecule is CNC1(c2ccc(OC)c(O)c2Br)CC1. The molecule has 0 radical (unpaired) electrons. The van der Waals surface area contributed by atoms with Crippen molar-refractivity contribution in [1.82, 2.24) is 5.32 Å². The first-order valence-corrected chi connectivity index (χ1v) is 5.69. The number of phenolic OH excluding ortho intramolecular Hbond substituents is 1. The molecule has 1 fully saturated rings.